The van der Waals surface area contributed by atoms with Crippen molar-refractivity contribution in [3.63, 3.8) is 0 Å². The Morgan fingerprint density at radius 3 is 2.21 bits per heavy atom. The summed E-state index contributed by atoms with van der Waals surface area (Å²) in [5.74, 6) is -0.782. The van der Waals surface area contributed by atoms with E-state index in [9.17, 15) is 18.0 Å². The van der Waals surface area contributed by atoms with Crippen LogP contribution in [0.25, 0.3) is 0 Å². The van der Waals surface area contributed by atoms with Crippen LogP contribution < -0.4 is 9.62 Å². The highest BCUT2D eigenvalue weighted by Crippen LogP contribution is 2.27. The minimum Gasteiger partial charge on any atom is -0.352 e. The molecule has 0 aliphatic heterocycles. The number of hydrogen-bond acceptors (Lipinski definition) is 4. The highest BCUT2D eigenvalue weighted by Gasteiger charge is 2.32. The topological polar surface area (TPSA) is 86.8 Å². The van der Waals surface area contributed by atoms with Gasteiger partial charge in [0.25, 0.3) is 10.0 Å². The van der Waals surface area contributed by atoms with E-state index in [0.29, 0.717) is 10.2 Å². The van der Waals surface area contributed by atoms with E-state index in [2.05, 4.69) is 21.2 Å². The van der Waals surface area contributed by atoms with Crippen LogP contribution in [0.3, 0.4) is 0 Å². The van der Waals surface area contributed by atoms with Crippen molar-refractivity contribution in [1.82, 2.24) is 10.2 Å². The summed E-state index contributed by atoms with van der Waals surface area (Å²) >= 11 is 3.40. The maximum atomic E-state index is 13.9. The SMILES string of the molecule is CC[C@H](C)NC(=O)[C@H](C)N(Cc1ccccc1)C(=O)CN(c1cccc(Br)c1)S(=O)(=O)c1ccc(C)cc1. The Balaban J connectivity index is 2.01. The van der Waals surface area contributed by atoms with E-state index < -0.39 is 28.5 Å². The molecular formula is C29H34BrN3O4S. The Morgan fingerprint density at radius 1 is 0.947 bits per heavy atom. The van der Waals surface area contributed by atoms with Gasteiger partial charge >= 0.3 is 0 Å². The number of carbonyl (C=O) groups is 2. The van der Waals surface area contributed by atoms with E-state index in [1.165, 1.54) is 17.0 Å². The van der Waals surface area contributed by atoms with Gasteiger partial charge in [-0.2, -0.15) is 0 Å². The lowest BCUT2D eigenvalue weighted by atomic mass is 10.1. The van der Waals surface area contributed by atoms with Gasteiger partial charge in [-0.15, -0.1) is 0 Å². The fourth-order valence-corrected chi connectivity index (χ4v) is 5.62. The molecule has 2 amide bonds. The van der Waals surface area contributed by atoms with Crippen molar-refractivity contribution in [2.75, 3.05) is 10.8 Å². The minimum atomic E-state index is -4.09. The van der Waals surface area contributed by atoms with E-state index in [0.717, 1.165) is 21.9 Å². The molecule has 0 aliphatic carbocycles. The summed E-state index contributed by atoms with van der Waals surface area (Å²) in [4.78, 5) is 28.4. The molecule has 0 saturated carbocycles. The maximum Gasteiger partial charge on any atom is 0.264 e. The molecule has 0 unspecified atom stereocenters. The van der Waals surface area contributed by atoms with Gasteiger partial charge in [-0.25, -0.2) is 8.42 Å². The number of nitrogens with one attached hydrogen (secondary N) is 1. The highest BCUT2D eigenvalue weighted by molar-refractivity contribution is 9.10. The van der Waals surface area contributed by atoms with Crippen LogP contribution in [-0.2, 0) is 26.2 Å². The van der Waals surface area contributed by atoms with Crippen molar-refractivity contribution in [2.24, 2.45) is 0 Å². The van der Waals surface area contributed by atoms with Gasteiger partial charge in [-0.1, -0.05) is 76.9 Å². The number of anilines is 1. The predicted octanol–water partition coefficient (Wildman–Crippen LogP) is 5.28. The van der Waals surface area contributed by atoms with Crippen molar-refractivity contribution in [3.05, 3.63) is 94.5 Å². The Labute approximate surface area is 234 Å². The van der Waals surface area contributed by atoms with Gasteiger partial charge in [0.15, 0.2) is 0 Å². The number of halogens is 1. The maximum absolute atomic E-state index is 13.9. The van der Waals surface area contributed by atoms with Gasteiger partial charge in [-0.05, 0) is 63.1 Å². The Morgan fingerprint density at radius 2 is 1.61 bits per heavy atom. The largest absolute Gasteiger partial charge is 0.352 e. The molecule has 202 valence electrons. The van der Waals surface area contributed by atoms with E-state index >= 15 is 0 Å². The number of rotatable bonds is 11. The average Bonchev–Trinajstić information content (AvgIpc) is 2.90. The number of carbonyl (C=O) groups excluding carboxylic acids is 2. The van der Waals surface area contributed by atoms with Gasteiger partial charge in [0.2, 0.25) is 11.8 Å². The zero-order valence-electron chi connectivity index (χ0n) is 22.1. The zero-order chi connectivity index (χ0) is 27.9. The summed E-state index contributed by atoms with van der Waals surface area (Å²) in [5, 5.41) is 2.93. The summed E-state index contributed by atoms with van der Waals surface area (Å²) in [6.45, 7) is 7.09. The summed E-state index contributed by atoms with van der Waals surface area (Å²) in [7, 11) is -4.09. The summed E-state index contributed by atoms with van der Waals surface area (Å²) < 4.78 is 29.4. The number of benzene rings is 3. The molecule has 0 spiro atoms. The molecule has 0 aliphatic rings. The predicted molar refractivity (Wildman–Crippen MR) is 154 cm³/mol. The van der Waals surface area contributed by atoms with Crippen LogP contribution in [-0.4, -0.2) is 43.8 Å². The molecular weight excluding hydrogens is 566 g/mol. The molecule has 7 nitrogen and oxygen atoms in total. The molecule has 0 saturated heterocycles. The first-order valence-electron chi connectivity index (χ1n) is 12.5. The molecule has 3 aromatic carbocycles. The Bertz CT molecular complexity index is 1350. The number of sulfonamides is 1. The fourth-order valence-electron chi connectivity index (χ4n) is 3.83. The third kappa shape index (κ3) is 7.45. The van der Waals surface area contributed by atoms with E-state index in [1.54, 1.807) is 43.3 Å². The second-order valence-corrected chi connectivity index (χ2v) is 12.1. The molecule has 1 N–H and O–H groups in total. The third-order valence-corrected chi connectivity index (χ3v) is 8.63. The van der Waals surface area contributed by atoms with Gasteiger partial charge in [0.1, 0.15) is 12.6 Å². The monoisotopic (exact) mass is 599 g/mol. The average molecular weight is 601 g/mol. The number of aryl methyl sites for hydroxylation is 1. The van der Waals surface area contributed by atoms with Crippen LogP contribution in [0.5, 0.6) is 0 Å². The summed E-state index contributed by atoms with van der Waals surface area (Å²) in [6, 6.07) is 21.8. The van der Waals surface area contributed by atoms with Crippen LogP contribution in [0, 0.1) is 6.92 Å². The van der Waals surface area contributed by atoms with Crippen LogP contribution >= 0.6 is 15.9 Å². The van der Waals surface area contributed by atoms with Gasteiger partial charge in [0, 0.05) is 17.1 Å². The number of nitrogens with zero attached hydrogens (tertiary/aromatic N) is 2. The third-order valence-electron chi connectivity index (χ3n) is 6.35. The van der Waals surface area contributed by atoms with Crippen LogP contribution in [0.15, 0.2) is 88.2 Å². The molecule has 9 heteroatoms. The Kier molecular flexibility index (Phi) is 10.1. The van der Waals surface area contributed by atoms with Gasteiger partial charge in [0.05, 0.1) is 10.6 Å². The molecule has 0 aromatic heterocycles. The smallest absolute Gasteiger partial charge is 0.264 e. The molecule has 3 rings (SSSR count). The van der Waals surface area contributed by atoms with Crippen LogP contribution in [0.1, 0.15) is 38.3 Å². The lowest BCUT2D eigenvalue weighted by molar-refractivity contribution is -0.139. The fraction of sp³-hybridized carbons (Fsp3) is 0.310. The van der Waals surface area contributed by atoms with Gasteiger partial charge in [-0.3, -0.25) is 13.9 Å². The van der Waals surface area contributed by atoms with E-state index in [-0.39, 0.29) is 23.4 Å². The second-order valence-electron chi connectivity index (χ2n) is 9.31. The standard InChI is InChI=1S/C29H34BrN3O4S/c1-5-22(3)31-29(35)23(4)32(19-24-10-7-6-8-11-24)28(34)20-33(26-13-9-12-25(30)18-26)38(36,37)27-16-14-21(2)15-17-27/h6-18,22-23H,5,19-20H2,1-4H3,(H,31,35)/t22-,23-/m0/s1. The highest BCUT2D eigenvalue weighted by atomic mass is 79.9. The van der Waals surface area contributed by atoms with E-state index in [4.69, 9.17) is 0 Å². The first kappa shape index (κ1) is 29.4. The lowest BCUT2D eigenvalue weighted by Gasteiger charge is -2.32. The first-order valence-corrected chi connectivity index (χ1v) is 14.7. The molecule has 0 radical (unpaired) electrons. The zero-order valence-corrected chi connectivity index (χ0v) is 24.5. The van der Waals surface area contributed by atoms with Crippen molar-refractivity contribution >= 4 is 43.5 Å². The van der Waals surface area contributed by atoms with Crippen molar-refractivity contribution < 1.29 is 18.0 Å². The number of hydrogen-bond donors (Lipinski definition) is 1. The lowest BCUT2D eigenvalue weighted by Crippen LogP contribution is -2.52. The molecule has 0 heterocycles. The Hall–Kier alpha value is -3.17. The van der Waals surface area contributed by atoms with Crippen LogP contribution in [0.2, 0.25) is 0 Å². The normalized spacial score (nSPS) is 12.9. The quantitative estimate of drug-likeness (QED) is 0.324. The van der Waals surface area contributed by atoms with E-state index in [1.807, 2.05) is 51.1 Å². The molecule has 0 bridgehead atoms. The summed E-state index contributed by atoms with van der Waals surface area (Å²) in [6.07, 6.45) is 0.747. The molecule has 3 aromatic rings. The summed E-state index contributed by atoms with van der Waals surface area (Å²) in [5.41, 5.74) is 2.09. The molecule has 38 heavy (non-hydrogen) atoms. The second kappa shape index (κ2) is 13.1. The molecule has 2 atom stereocenters. The van der Waals surface area contributed by atoms with Crippen molar-refractivity contribution in [1.29, 1.82) is 0 Å². The van der Waals surface area contributed by atoms with Gasteiger partial charge < -0.3 is 10.2 Å². The minimum absolute atomic E-state index is 0.0568. The van der Waals surface area contributed by atoms with Crippen molar-refractivity contribution in [2.45, 2.75) is 57.6 Å². The van der Waals surface area contributed by atoms with Crippen LogP contribution in [0.4, 0.5) is 5.69 Å². The van der Waals surface area contributed by atoms with Crippen molar-refractivity contribution in [3.8, 4) is 0 Å². The first-order chi connectivity index (χ1) is 18.0. The number of amides is 2. The molecule has 0 fully saturated rings.